The van der Waals surface area contributed by atoms with Crippen molar-refractivity contribution in [3.05, 3.63) is 51.0 Å². The van der Waals surface area contributed by atoms with Gasteiger partial charge >= 0.3 is 0 Å². The van der Waals surface area contributed by atoms with Crippen molar-refractivity contribution in [3.63, 3.8) is 0 Å². The lowest BCUT2D eigenvalue weighted by atomic mass is 9.99. The Balaban J connectivity index is 2.36. The van der Waals surface area contributed by atoms with Gasteiger partial charge < -0.3 is 5.32 Å². The van der Waals surface area contributed by atoms with Crippen LogP contribution in [-0.2, 0) is 13.5 Å². The summed E-state index contributed by atoms with van der Waals surface area (Å²) >= 11 is 12.3. The van der Waals surface area contributed by atoms with E-state index in [1.54, 1.807) is 17.8 Å². The van der Waals surface area contributed by atoms with E-state index in [0.29, 0.717) is 17.1 Å². The second-order valence-corrected chi connectivity index (χ2v) is 5.40. The summed E-state index contributed by atoms with van der Waals surface area (Å²) in [6.45, 7) is 1.90. The number of hydrogen-bond donors (Lipinski definition) is 1. The molecule has 1 aromatic heterocycles. The molecule has 1 heterocycles. The molecule has 0 aliphatic heterocycles. The molecule has 0 radical (unpaired) electrons. The molecular weight excluding hydrogens is 300 g/mol. The van der Waals surface area contributed by atoms with E-state index in [0.717, 1.165) is 11.3 Å². The van der Waals surface area contributed by atoms with E-state index in [4.69, 9.17) is 23.2 Å². The Kier molecular flexibility index (Phi) is 4.68. The normalized spacial score (nSPS) is 12.7. The molecule has 1 unspecified atom stereocenters. The quantitative estimate of drug-likeness (QED) is 0.932. The molecule has 1 N–H and O–H groups in total. The fourth-order valence-corrected chi connectivity index (χ4v) is 2.78. The summed E-state index contributed by atoms with van der Waals surface area (Å²) in [5.74, 6) is -0.418. The summed E-state index contributed by atoms with van der Waals surface area (Å²) in [6, 6.07) is 4.68. The highest BCUT2D eigenvalue weighted by Crippen LogP contribution is 2.30. The molecule has 0 aliphatic rings. The van der Waals surface area contributed by atoms with Crippen LogP contribution >= 0.6 is 23.2 Å². The lowest BCUT2D eigenvalue weighted by Crippen LogP contribution is -2.20. The van der Waals surface area contributed by atoms with Gasteiger partial charge in [-0.25, -0.2) is 4.39 Å². The first kappa shape index (κ1) is 15.3. The van der Waals surface area contributed by atoms with Crippen LogP contribution in [0.4, 0.5) is 4.39 Å². The van der Waals surface area contributed by atoms with Gasteiger partial charge in [-0.3, -0.25) is 4.68 Å². The Morgan fingerprint density at radius 1 is 1.40 bits per heavy atom. The molecule has 108 valence electrons. The Bertz CT molecular complexity index is 625. The fraction of sp³-hybridized carbons (Fsp3) is 0.357. The van der Waals surface area contributed by atoms with Gasteiger partial charge in [0, 0.05) is 18.7 Å². The van der Waals surface area contributed by atoms with Crippen LogP contribution < -0.4 is 5.32 Å². The first-order valence-electron chi connectivity index (χ1n) is 6.24. The van der Waals surface area contributed by atoms with Crippen LogP contribution in [0.1, 0.15) is 22.9 Å². The van der Waals surface area contributed by atoms with Crippen molar-refractivity contribution in [2.24, 2.45) is 7.05 Å². The van der Waals surface area contributed by atoms with Crippen LogP contribution in [0.15, 0.2) is 18.2 Å². The van der Waals surface area contributed by atoms with Crippen molar-refractivity contribution in [1.82, 2.24) is 15.1 Å². The number of hydrogen-bond acceptors (Lipinski definition) is 2. The van der Waals surface area contributed by atoms with E-state index in [1.165, 1.54) is 6.07 Å². The molecule has 0 bridgehead atoms. The molecule has 0 amide bonds. The van der Waals surface area contributed by atoms with Crippen LogP contribution in [0.25, 0.3) is 0 Å². The minimum absolute atomic E-state index is 0.126. The number of aryl methyl sites for hydroxylation is 2. The monoisotopic (exact) mass is 315 g/mol. The lowest BCUT2D eigenvalue weighted by molar-refractivity contribution is 0.577. The summed E-state index contributed by atoms with van der Waals surface area (Å²) in [5, 5.41) is 8.17. The molecule has 3 nitrogen and oxygen atoms in total. The van der Waals surface area contributed by atoms with Crippen molar-refractivity contribution in [2.45, 2.75) is 19.4 Å². The first-order valence-corrected chi connectivity index (χ1v) is 7.00. The highest BCUT2D eigenvalue weighted by atomic mass is 35.5. The number of rotatable bonds is 4. The zero-order chi connectivity index (χ0) is 14.9. The van der Waals surface area contributed by atoms with Gasteiger partial charge in [-0.2, -0.15) is 5.10 Å². The molecule has 0 spiro atoms. The summed E-state index contributed by atoms with van der Waals surface area (Å²) < 4.78 is 15.2. The second kappa shape index (κ2) is 6.12. The summed E-state index contributed by atoms with van der Waals surface area (Å²) in [4.78, 5) is 0. The Morgan fingerprint density at radius 2 is 2.10 bits per heavy atom. The molecule has 0 aliphatic carbocycles. The minimum atomic E-state index is -0.418. The van der Waals surface area contributed by atoms with Gasteiger partial charge in [0.05, 0.1) is 10.7 Å². The summed E-state index contributed by atoms with van der Waals surface area (Å²) in [6.07, 6.45) is 0.595. The highest BCUT2D eigenvalue weighted by Gasteiger charge is 2.20. The third-order valence-electron chi connectivity index (χ3n) is 3.38. The van der Waals surface area contributed by atoms with E-state index < -0.39 is 5.82 Å². The van der Waals surface area contributed by atoms with Gasteiger partial charge in [-0.05, 0) is 32.0 Å². The molecule has 1 atom stereocenters. The van der Waals surface area contributed by atoms with Crippen molar-refractivity contribution in [3.8, 4) is 0 Å². The van der Waals surface area contributed by atoms with Crippen molar-refractivity contribution < 1.29 is 4.39 Å². The largest absolute Gasteiger partial charge is 0.313 e. The smallest absolute Gasteiger partial charge is 0.142 e. The minimum Gasteiger partial charge on any atom is -0.313 e. The van der Waals surface area contributed by atoms with Crippen molar-refractivity contribution in [2.75, 3.05) is 7.05 Å². The van der Waals surface area contributed by atoms with Crippen LogP contribution in [0.2, 0.25) is 10.2 Å². The van der Waals surface area contributed by atoms with Crippen molar-refractivity contribution in [1.29, 1.82) is 0 Å². The Hall–Kier alpha value is -1.10. The number of nitrogens with zero attached hydrogens (tertiary/aromatic N) is 2. The van der Waals surface area contributed by atoms with Crippen LogP contribution in [-0.4, -0.2) is 16.8 Å². The van der Waals surface area contributed by atoms with Crippen LogP contribution in [0.3, 0.4) is 0 Å². The molecule has 2 aromatic rings. The second-order valence-electron chi connectivity index (χ2n) is 4.67. The maximum Gasteiger partial charge on any atom is 0.142 e. The summed E-state index contributed by atoms with van der Waals surface area (Å²) in [7, 11) is 3.61. The average Bonchev–Trinajstić information content (AvgIpc) is 2.65. The van der Waals surface area contributed by atoms with Crippen molar-refractivity contribution >= 4 is 23.2 Å². The molecule has 0 fully saturated rings. The Morgan fingerprint density at radius 3 is 2.65 bits per heavy atom. The van der Waals surface area contributed by atoms with E-state index in [1.807, 2.05) is 20.0 Å². The van der Waals surface area contributed by atoms with Crippen LogP contribution in [0, 0.1) is 12.7 Å². The van der Waals surface area contributed by atoms with Gasteiger partial charge in [0.1, 0.15) is 11.0 Å². The SMILES string of the molecule is CNC(Cc1c(C)nn(C)c1Cl)c1cccc(F)c1Cl. The van der Waals surface area contributed by atoms with Gasteiger partial charge in [-0.1, -0.05) is 35.3 Å². The van der Waals surface area contributed by atoms with E-state index >= 15 is 0 Å². The topological polar surface area (TPSA) is 29.9 Å². The van der Waals surface area contributed by atoms with Gasteiger partial charge in [0.25, 0.3) is 0 Å². The highest BCUT2D eigenvalue weighted by molar-refractivity contribution is 6.31. The number of likely N-dealkylation sites (N-methyl/N-ethyl adjacent to an activating group) is 1. The molecule has 20 heavy (non-hydrogen) atoms. The van der Waals surface area contributed by atoms with Crippen LogP contribution in [0.5, 0.6) is 0 Å². The maximum atomic E-state index is 13.6. The van der Waals surface area contributed by atoms with E-state index in [2.05, 4.69) is 10.4 Å². The Labute approximate surface area is 127 Å². The molecular formula is C14H16Cl2FN3. The lowest BCUT2D eigenvalue weighted by Gasteiger charge is -2.18. The number of benzene rings is 1. The molecule has 0 saturated carbocycles. The standard InChI is InChI=1S/C14H16Cl2FN3/c1-8-10(14(16)20(3)19-8)7-12(18-2)9-5-4-6-11(17)13(9)15/h4-6,12,18H,7H2,1-3H3. The predicted octanol–water partition coefficient (Wildman–Crippen LogP) is 3.68. The number of aromatic nitrogens is 2. The third-order valence-corrected chi connectivity index (χ3v) is 4.25. The zero-order valence-corrected chi connectivity index (χ0v) is 13.1. The zero-order valence-electron chi connectivity index (χ0n) is 11.5. The van der Waals surface area contributed by atoms with Gasteiger partial charge in [0.2, 0.25) is 0 Å². The fourth-order valence-electron chi connectivity index (χ4n) is 2.27. The number of nitrogens with one attached hydrogen (secondary N) is 1. The predicted molar refractivity (Wildman–Crippen MR) is 79.9 cm³/mol. The maximum absolute atomic E-state index is 13.6. The van der Waals surface area contributed by atoms with E-state index in [-0.39, 0.29) is 11.1 Å². The molecule has 6 heteroatoms. The average molecular weight is 316 g/mol. The third kappa shape index (κ3) is 2.82. The van der Waals surface area contributed by atoms with E-state index in [9.17, 15) is 4.39 Å². The molecule has 2 rings (SSSR count). The summed E-state index contributed by atoms with van der Waals surface area (Å²) in [5.41, 5.74) is 2.52. The van der Waals surface area contributed by atoms with Gasteiger partial charge in [0.15, 0.2) is 0 Å². The van der Waals surface area contributed by atoms with Gasteiger partial charge in [-0.15, -0.1) is 0 Å². The molecule has 0 saturated heterocycles. The number of halogens is 3. The molecule has 1 aromatic carbocycles. The first-order chi connectivity index (χ1) is 9.45.